The molecule has 0 aromatic rings. The number of rotatable bonds is 5. The Labute approximate surface area is 116 Å². The number of amides is 2. The van der Waals surface area contributed by atoms with Gasteiger partial charge in [-0.1, -0.05) is 0 Å². The third-order valence-electron chi connectivity index (χ3n) is 2.15. The Bertz CT molecular complexity index is 536. The largest absolute Gasteiger partial charge is 0.462 e. The Morgan fingerprint density at radius 3 is 2.30 bits per heavy atom. The Kier molecular flexibility index (Phi) is 6.64. The van der Waals surface area contributed by atoms with Crippen LogP contribution in [0.2, 0.25) is 0 Å². The first-order valence-electron chi connectivity index (χ1n) is 5.43. The highest BCUT2D eigenvalue weighted by molar-refractivity contribution is 7.90. The van der Waals surface area contributed by atoms with Crippen LogP contribution < -0.4 is 5.32 Å². The van der Waals surface area contributed by atoms with Gasteiger partial charge in [0.1, 0.15) is 15.9 Å². The molecule has 0 aromatic heterocycles. The SMILES string of the molecule is CCN(C#N)C(=O)C(CS(C)(=O)=O)NC(=O)C(=O)OC. The summed E-state index contributed by atoms with van der Waals surface area (Å²) < 4.78 is 26.6. The van der Waals surface area contributed by atoms with Crippen LogP contribution in [-0.4, -0.2) is 62.8 Å². The third-order valence-corrected chi connectivity index (χ3v) is 3.09. The minimum absolute atomic E-state index is 0.00366. The van der Waals surface area contributed by atoms with Gasteiger partial charge >= 0.3 is 11.9 Å². The number of likely N-dealkylation sites (N-methyl/N-ethyl adjacent to an activating group) is 1. The number of carbonyl (C=O) groups excluding carboxylic acids is 3. The number of hydrogen-bond acceptors (Lipinski definition) is 7. The molecule has 20 heavy (non-hydrogen) atoms. The fourth-order valence-electron chi connectivity index (χ4n) is 1.25. The molecule has 1 N–H and O–H groups in total. The van der Waals surface area contributed by atoms with E-state index >= 15 is 0 Å². The molecule has 0 saturated carbocycles. The van der Waals surface area contributed by atoms with E-state index in [0.29, 0.717) is 4.90 Å². The maximum Gasteiger partial charge on any atom is 0.396 e. The smallest absolute Gasteiger partial charge is 0.396 e. The van der Waals surface area contributed by atoms with Crippen molar-refractivity contribution >= 4 is 27.6 Å². The summed E-state index contributed by atoms with van der Waals surface area (Å²) in [6.45, 7) is 1.50. The first-order chi connectivity index (χ1) is 9.16. The van der Waals surface area contributed by atoms with Crippen molar-refractivity contribution in [2.24, 2.45) is 0 Å². The van der Waals surface area contributed by atoms with Gasteiger partial charge in [0.05, 0.1) is 12.9 Å². The normalized spacial score (nSPS) is 11.9. The van der Waals surface area contributed by atoms with Crippen molar-refractivity contribution in [1.82, 2.24) is 10.2 Å². The number of ether oxygens (including phenoxy) is 1. The maximum atomic E-state index is 11.9. The molecule has 0 spiro atoms. The number of nitriles is 1. The van der Waals surface area contributed by atoms with E-state index in [1.807, 2.05) is 5.32 Å². The van der Waals surface area contributed by atoms with Crippen LogP contribution in [0.3, 0.4) is 0 Å². The lowest BCUT2D eigenvalue weighted by atomic mass is 10.3. The van der Waals surface area contributed by atoms with Crippen LogP contribution in [0.1, 0.15) is 6.92 Å². The first-order valence-corrected chi connectivity index (χ1v) is 7.50. The first kappa shape index (κ1) is 17.8. The molecule has 0 aliphatic heterocycles. The summed E-state index contributed by atoms with van der Waals surface area (Å²) in [5.74, 6) is -4.18. The molecule has 0 heterocycles. The zero-order valence-electron chi connectivity index (χ0n) is 11.2. The van der Waals surface area contributed by atoms with E-state index in [2.05, 4.69) is 4.74 Å². The highest BCUT2D eigenvalue weighted by atomic mass is 32.2. The molecule has 0 aromatic carbocycles. The predicted molar refractivity (Wildman–Crippen MR) is 66.7 cm³/mol. The van der Waals surface area contributed by atoms with Crippen LogP contribution in [0, 0.1) is 11.5 Å². The Balaban J connectivity index is 5.20. The lowest BCUT2D eigenvalue weighted by Crippen LogP contribution is -2.52. The van der Waals surface area contributed by atoms with E-state index in [1.54, 1.807) is 6.19 Å². The average molecular weight is 305 g/mol. The van der Waals surface area contributed by atoms with Crippen molar-refractivity contribution in [3.05, 3.63) is 0 Å². The third kappa shape index (κ3) is 5.66. The number of carbonyl (C=O) groups is 3. The number of nitrogens with zero attached hydrogens (tertiary/aromatic N) is 2. The number of sulfone groups is 1. The molecule has 112 valence electrons. The Hall–Kier alpha value is -2.15. The van der Waals surface area contributed by atoms with Crippen molar-refractivity contribution in [2.75, 3.05) is 25.7 Å². The fourth-order valence-corrected chi connectivity index (χ4v) is 2.08. The molecule has 0 aliphatic rings. The van der Waals surface area contributed by atoms with E-state index in [1.165, 1.54) is 6.92 Å². The van der Waals surface area contributed by atoms with Crippen LogP contribution >= 0.6 is 0 Å². The summed E-state index contributed by atoms with van der Waals surface area (Å²) in [4.78, 5) is 34.9. The number of methoxy groups -OCH3 is 1. The van der Waals surface area contributed by atoms with E-state index in [0.717, 1.165) is 13.4 Å². The van der Waals surface area contributed by atoms with E-state index in [4.69, 9.17) is 5.26 Å². The standard InChI is InChI=1S/C10H15N3O6S/c1-4-13(6-11)9(15)7(5-20(3,17)18)12-8(14)10(16)19-2/h7H,4-5H2,1-3H3,(H,12,14). The molecular formula is C10H15N3O6S. The van der Waals surface area contributed by atoms with Crippen molar-refractivity contribution in [3.63, 3.8) is 0 Å². The minimum Gasteiger partial charge on any atom is -0.462 e. The molecule has 1 unspecified atom stereocenters. The molecule has 0 bridgehead atoms. The molecule has 2 amide bonds. The van der Waals surface area contributed by atoms with Gasteiger partial charge in [-0.05, 0) is 6.92 Å². The zero-order chi connectivity index (χ0) is 15.9. The number of nitrogens with one attached hydrogen (secondary N) is 1. The van der Waals surface area contributed by atoms with Crippen LogP contribution in [0.5, 0.6) is 0 Å². The molecule has 0 rings (SSSR count). The van der Waals surface area contributed by atoms with Crippen LogP contribution in [0.25, 0.3) is 0 Å². The van der Waals surface area contributed by atoms with Crippen LogP contribution in [0.15, 0.2) is 0 Å². The lowest BCUT2D eigenvalue weighted by Gasteiger charge is -2.20. The molecule has 0 aliphatic carbocycles. The summed E-state index contributed by atoms with van der Waals surface area (Å²) in [6.07, 6.45) is 2.42. The summed E-state index contributed by atoms with van der Waals surface area (Å²) in [5, 5.41) is 10.7. The summed E-state index contributed by atoms with van der Waals surface area (Å²) in [5.41, 5.74) is 0. The van der Waals surface area contributed by atoms with Crippen molar-refractivity contribution in [2.45, 2.75) is 13.0 Å². The second kappa shape index (κ2) is 7.44. The van der Waals surface area contributed by atoms with Gasteiger partial charge in [-0.25, -0.2) is 18.1 Å². The van der Waals surface area contributed by atoms with Gasteiger partial charge in [-0.15, -0.1) is 0 Å². The maximum absolute atomic E-state index is 11.9. The van der Waals surface area contributed by atoms with Crippen LogP contribution in [0.4, 0.5) is 0 Å². The van der Waals surface area contributed by atoms with Gasteiger partial charge < -0.3 is 10.1 Å². The van der Waals surface area contributed by atoms with Crippen molar-refractivity contribution in [3.8, 4) is 6.19 Å². The van der Waals surface area contributed by atoms with Gasteiger partial charge in [0.25, 0.3) is 5.91 Å². The Morgan fingerprint density at radius 2 is 1.95 bits per heavy atom. The molecule has 10 heteroatoms. The van der Waals surface area contributed by atoms with Crippen molar-refractivity contribution < 1.29 is 27.5 Å². The van der Waals surface area contributed by atoms with Gasteiger partial charge in [-0.2, -0.15) is 5.26 Å². The van der Waals surface area contributed by atoms with E-state index < -0.39 is 39.4 Å². The molecular weight excluding hydrogens is 290 g/mol. The Morgan fingerprint density at radius 1 is 1.40 bits per heavy atom. The van der Waals surface area contributed by atoms with Crippen molar-refractivity contribution in [1.29, 1.82) is 5.26 Å². The predicted octanol–water partition coefficient (Wildman–Crippen LogP) is -1.98. The number of hydrogen-bond donors (Lipinski definition) is 1. The lowest BCUT2D eigenvalue weighted by molar-refractivity contribution is -0.153. The quantitative estimate of drug-likeness (QED) is 0.269. The second-order valence-corrected chi connectivity index (χ2v) is 5.98. The van der Waals surface area contributed by atoms with Gasteiger partial charge in [-0.3, -0.25) is 9.59 Å². The zero-order valence-corrected chi connectivity index (χ0v) is 12.1. The molecule has 0 fully saturated rings. The van der Waals surface area contributed by atoms with Gasteiger partial charge in [0.2, 0.25) is 0 Å². The summed E-state index contributed by atoms with van der Waals surface area (Å²) >= 11 is 0. The molecule has 0 radical (unpaired) electrons. The molecule has 9 nitrogen and oxygen atoms in total. The monoisotopic (exact) mass is 305 g/mol. The van der Waals surface area contributed by atoms with Gasteiger partial charge in [0, 0.05) is 12.8 Å². The van der Waals surface area contributed by atoms with Crippen LogP contribution in [-0.2, 0) is 29.0 Å². The molecule has 0 saturated heterocycles. The summed E-state index contributed by atoms with van der Waals surface area (Å²) in [7, 11) is -2.66. The summed E-state index contributed by atoms with van der Waals surface area (Å²) in [6, 6.07) is -1.53. The minimum atomic E-state index is -3.62. The van der Waals surface area contributed by atoms with E-state index in [-0.39, 0.29) is 6.54 Å². The highest BCUT2D eigenvalue weighted by Gasteiger charge is 2.30. The van der Waals surface area contributed by atoms with Gasteiger partial charge in [0.15, 0.2) is 6.19 Å². The topological polar surface area (TPSA) is 134 Å². The highest BCUT2D eigenvalue weighted by Crippen LogP contribution is 1.99. The average Bonchev–Trinajstić information content (AvgIpc) is 2.36. The second-order valence-electron chi connectivity index (χ2n) is 3.79. The molecule has 1 atom stereocenters. The number of esters is 1. The van der Waals surface area contributed by atoms with E-state index in [9.17, 15) is 22.8 Å². The fraction of sp³-hybridized carbons (Fsp3) is 0.600.